The van der Waals surface area contributed by atoms with Crippen LogP contribution < -0.4 is 0 Å². The number of rotatable bonds is 0. The van der Waals surface area contributed by atoms with E-state index in [9.17, 15) is 22.8 Å². The molecule has 0 fully saturated rings. The maximum absolute atomic E-state index is 12.5. The molecule has 0 N–H and O–H groups in total. The van der Waals surface area contributed by atoms with E-state index in [1.165, 1.54) is 6.07 Å². The third-order valence-corrected chi connectivity index (χ3v) is 2.32. The fourth-order valence-corrected chi connectivity index (χ4v) is 1.65. The molecule has 2 rings (SSSR count). The maximum atomic E-state index is 12.5. The molecule has 78 valence electrons. The molecule has 2 nitrogen and oxygen atoms in total. The van der Waals surface area contributed by atoms with Crippen molar-refractivity contribution in [3.8, 4) is 0 Å². The van der Waals surface area contributed by atoms with Crippen molar-refractivity contribution in [2.75, 3.05) is 0 Å². The number of carbonyl (C=O) groups excluding carboxylic acids is 2. The quantitative estimate of drug-likeness (QED) is 0.619. The van der Waals surface area contributed by atoms with Gasteiger partial charge in [-0.1, -0.05) is 12.1 Å². The zero-order valence-electron chi connectivity index (χ0n) is 7.39. The Labute approximate surface area is 82.7 Å². The lowest BCUT2D eigenvalue weighted by Gasteiger charge is -2.10. The molecular formula is C10H5F3O2. The van der Waals surface area contributed by atoms with Gasteiger partial charge in [0.15, 0.2) is 0 Å². The van der Waals surface area contributed by atoms with Gasteiger partial charge in [-0.2, -0.15) is 13.2 Å². The van der Waals surface area contributed by atoms with Crippen LogP contribution in [0.25, 0.3) is 0 Å². The molecule has 1 aromatic rings. The Hall–Kier alpha value is -1.65. The zero-order valence-corrected chi connectivity index (χ0v) is 7.39. The average molecular weight is 214 g/mol. The molecule has 1 aromatic carbocycles. The lowest BCUT2D eigenvalue weighted by atomic mass is 10.0. The van der Waals surface area contributed by atoms with Gasteiger partial charge in [-0.15, -0.1) is 0 Å². The van der Waals surface area contributed by atoms with E-state index in [2.05, 4.69) is 0 Å². The molecule has 0 heterocycles. The Morgan fingerprint density at radius 2 is 1.80 bits per heavy atom. The summed E-state index contributed by atoms with van der Waals surface area (Å²) in [7, 11) is 0. The SMILES string of the molecule is O=C1Cc2c(cccc2C(F)(F)F)C1=O. The van der Waals surface area contributed by atoms with Crippen molar-refractivity contribution < 1.29 is 22.8 Å². The number of ketones is 2. The Bertz CT molecular complexity index is 460. The number of hydrogen-bond acceptors (Lipinski definition) is 2. The van der Waals surface area contributed by atoms with Crippen molar-refractivity contribution in [3.63, 3.8) is 0 Å². The van der Waals surface area contributed by atoms with E-state index >= 15 is 0 Å². The molecule has 5 heteroatoms. The van der Waals surface area contributed by atoms with Crippen molar-refractivity contribution in [1.82, 2.24) is 0 Å². The smallest absolute Gasteiger partial charge is 0.290 e. The molecule has 1 aliphatic carbocycles. The summed E-state index contributed by atoms with van der Waals surface area (Å²) in [6, 6.07) is 3.26. The predicted molar refractivity (Wildman–Crippen MR) is 44.5 cm³/mol. The van der Waals surface area contributed by atoms with Crippen molar-refractivity contribution >= 4 is 11.6 Å². The highest BCUT2D eigenvalue weighted by Gasteiger charge is 2.39. The van der Waals surface area contributed by atoms with Crippen LogP contribution in [-0.2, 0) is 17.4 Å². The fourth-order valence-electron chi connectivity index (χ4n) is 1.65. The van der Waals surface area contributed by atoms with Gasteiger partial charge in [-0.05, 0) is 11.6 Å². The number of halogens is 3. The minimum Gasteiger partial charge on any atom is -0.290 e. The molecule has 0 amide bonds. The van der Waals surface area contributed by atoms with Gasteiger partial charge in [0.2, 0.25) is 11.6 Å². The van der Waals surface area contributed by atoms with E-state index in [0.29, 0.717) is 0 Å². The summed E-state index contributed by atoms with van der Waals surface area (Å²) in [5.41, 5.74) is -1.20. The molecule has 0 spiro atoms. The molecule has 0 bridgehead atoms. The van der Waals surface area contributed by atoms with E-state index in [-0.39, 0.29) is 11.1 Å². The highest BCUT2D eigenvalue weighted by molar-refractivity contribution is 6.47. The van der Waals surface area contributed by atoms with E-state index in [1.54, 1.807) is 0 Å². The standard InChI is InChI=1S/C10H5F3O2/c11-10(12,13)7-3-1-2-5-6(7)4-8(14)9(5)15/h1-3H,4H2. The predicted octanol–water partition coefficient (Wildman–Crippen LogP) is 2.01. The van der Waals surface area contributed by atoms with Crippen LogP contribution >= 0.6 is 0 Å². The van der Waals surface area contributed by atoms with Crippen LogP contribution in [0.5, 0.6) is 0 Å². The van der Waals surface area contributed by atoms with Gasteiger partial charge in [0.1, 0.15) is 0 Å². The molecular weight excluding hydrogens is 209 g/mol. The van der Waals surface area contributed by atoms with E-state index in [0.717, 1.165) is 12.1 Å². The van der Waals surface area contributed by atoms with Gasteiger partial charge in [0.05, 0.1) is 5.56 Å². The first kappa shape index (κ1) is 9.89. The Kier molecular flexibility index (Phi) is 1.92. The summed E-state index contributed by atoms with van der Waals surface area (Å²) in [6.07, 6.45) is -4.96. The first-order chi connectivity index (χ1) is 6.91. The van der Waals surface area contributed by atoms with Crippen molar-refractivity contribution in [3.05, 3.63) is 34.9 Å². The average Bonchev–Trinajstić information content (AvgIpc) is 2.41. The molecule has 0 aromatic heterocycles. The highest BCUT2D eigenvalue weighted by Crippen LogP contribution is 2.35. The Morgan fingerprint density at radius 3 is 2.40 bits per heavy atom. The third-order valence-electron chi connectivity index (χ3n) is 2.32. The number of fused-ring (bicyclic) bond motifs is 1. The minimum absolute atomic E-state index is 0.116. The normalized spacial score (nSPS) is 15.7. The van der Waals surface area contributed by atoms with Crippen LogP contribution in [0.2, 0.25) is 0 Å². The number of alkyl halides is 3. The summed E-state index contributed by atoms with van der Waals surface area (Å²) in [4.78, 5) is 22.2. The van der Waals surface area contributed by atoms with E-state index < -0.39 is 29.7 Å². The molecule has 0 unspecified atom stereocenters. The highest BCUT2D eigenvalue weighted by atomic mass is 19.4. The zero-order chi connectivity index (χ0) is 11.2. The lowest BCUT2D eigenvalue weighted by molar-refractivity contribution is -0.138. The van der Waals surface area contributed by atoms with Crippen LogP contribution in [0.3, 0.4) is 0 Å². The summed E-state index contributed by atoms with van der Waals surface area (Å²) in [5.74, 6) is -1.60. The molecule has 0 aliphatic heterocycles. The van der Waals surface area contributed by atoms with Crippen molar-refractivity contribution in [2.24, 2.45) is 0 Å². The molecule has 0 saturated heterocycles. The topological polar surface area (TPSA) is 34.1 Å². The van der Waals surface area contributed by atoms with Gasteiger partial charge in [0, 0.05) is 12.0 Å². The first-order valence-corrected chi connectivity index (χ1v) is 4.18. The van der Waals surface area contributed by atoms with Gasteiger partial charge < -0.3 is 0 Å². The van der Waals surface area contributed by atoms with Crippen LogP contribution in [0.4, 0.5) is 13.2 Å². The lowest BCUT2D eigenvalue weighted by Crippen LogP contribution is -2.09. The number of hydrogen-bond donors (Lipinski definition) is 0. The van der Waals surface area contributed by atoms with Gasteiger partial charge in [-0.25, -0.2) is 0 Å². The second-order valence-electron chi connectivity index (χ2n) is 3.26. The first-order valence-electron chi connectivity index (χ1n) is 4.18. The van der Waals surface area contributed by atoms with Gasteiger partial charge in [0.25, 0.3) is 0 Å². The van der Waals surface area contributed by atoms with Gasteiger partial charge in [-0.3, -0.25) is 9.59 Å². The molecule has 0 atom stereocenters. The molecule has 1 aliphatic rings. The number of benzene rings is 1. The van der Waals surface area contributed by atoms with Crippen LogP contribution in [0, 0.1) is 0 Å². The second-order valence-corrected chi connectivity index (χ2v) is 3.26. The summed E-state index contributed by atoms with van der Waals surface area (Å²) in [5, 5.41) is 0. The monoisotopic (exact) mass is 214 g/mol. The summed E-state index contributed by atoms with van der Waals surface area (Å²) in [6.45, 7) is 0. The summed E-state index contributed by atoms with van der Waals surface area (Å²) < 4.78 is 37.4. The Morgan fingerprint density at radius 1 is 1.13 bits per heavy atom. The Balaban J connectivity index is 2.65. The third kappa shape index (κ3) is 1.44. The van der Waals surface area contributed by atoms with Crippen molar-refractivity contribution in [1.29, 1.82) is 0 Å². The molecule has 15 heavy (non-hydrogen) atoms. The molecule has 0 radical (unpaired) electrons. The van der Waals surface area contributed by atoms with Gasteiger partial charge >= 0.3 is 6.18 Å². The van der Waals surface area contributed by atoms with E-state index in [4.69, 9.17) is 0 Å². The fraction of sp³-hybridized carbons (Fsp3) is 0.200. The van der Waals surface area contributed by atoms with Crippen LogP contribution in [0.15, 0.2) is 18.2 Å². The van der Waals surface area contributed by atoms with Crippen molar-refractivity contribution in [2.45, 2.75) is 12.6 Å². The van der Waals surface area contributed by atoms with E-state index in [1.807, 2.05) is 0 Å². The maximum Gasteiger partial charge on any atom is 0.416 e. The van der Waals surface area contributed by atoms with Crippen LogP contribution in [-0.4, -0.2) is 11.6 Å². The molecule has 0 saturated carbocycles. The van der Waals surface area contributed by atoms with Crippen LogP contribution in [0.1, 0.15) is 21.5 Å². The second kappa shape index (κ2) is 2.92. The number of carbonyl (C=O) groups is 2. The number of Topliss-reactive ketones (excluding diaryl/α,β-unsaturated/α-hetero) is 2. The largest absolute Gasteiger partial charge is 0.416 e. The minimum atomic E-state index is -4.52. The summed E-state index contributed by atoms with van der Waals surface area (Å²) >= 11 is 0.